The maximum Gasteiger partial charge on any atom is 0.191 e. The zero-order valence-corrected chi connectivity index (χ0v) is 15.6. The second kappa shape index (κ2) is 10.1. The fourth-order valence-electron chi connectivity index (χ4n) is 3.54. The second-order valence-corrected chi connectivity index (χ2v) is 8.57. The Kier molecular flexibility index (Phi) is 8.13. The molecule has 1 fully saturated rings. The lowest BCUT2D eigenvalue weighted by Crippen LogP contribution is -2.46. The third-order valence-electron chi connectivity index (χ3n) is 4.81. The first kappa shape index (κ1) is 18.5. The van der Waals surface area contributed by atoms with Crippen LogP contribution in [0.1, 0.15) is 65.2 Å². The van der Waals surface area contributed by atoms with E-state index in [0.717, 1.165) is 50.5 Å². The van der Waals surface area contributed by atoms with Crippen molar-refractivity contribution in [1.82, 2.24) is 10.6 Å². The Hall–Kier alpha value is -0.840. The van der Waals surface area contributed by atoms with Crippen LogP contribution in [0.15, 0.2) is 16.6 Å². The second-order valence-electron chi connectivity index (χ2n) is 6.56. The Labute approximate surface area is 144 Å². The number of nitrogens with one attached hydrogen (secondary N) is 2. The molecule has 0 saturated heterocycles. The summed E-state index contributed by atoms with van der Waals surface area (Å²) in [6.07, 6.45) is 11.7. The summed E-state index contributed by atoms with van der Waals surface area (Å²) in [4.78, 5) is 4.74. The van der Waals surface area contributed by atoms with Gasteiger partial charge in [-0.25, -0.2) is 0 Å². The predicted molar refractivity (Wildman–Crippen MR) is 100 cm³/mol. The van der Waals surface area contributed by atoms with Crippen LogP contribution in [0.5, 0.6) is 0 Å². The molecular weight excluding hydrogens is 306 g/mol. The minimum absolute atomic E-state index is 0.359. The molecule has 0 radical (unpaired) electrons. The number of allylic oxidation sites excluding steroid dienone is 1. The van der Waals surface area contributed by atoms with Gasteiger partial charge in [0.05, 0.1) is 0 Å². The Morgan fingerprint density at radius 3 is 2.91 bits per heavy atom. The minimum Gasteiger partial charge on any atom is -0.357 e. The molecule has 3 unspecified atom stereocenters. The van der Waals surface area contributed by atoms with E-state index in [1.165, 1.54) is 25.7 Å². The first-order valence-corrected chi connectivity index (χ1v) is 10.7. The summed E-state index contributed by atoms with van der Waals surface area (Å²) in [6.45, 7) is 5.87. The smallest absolute Gasteiger partial charge is 0.191 e. The first-order chi connectivity index (χ1) is 11.2. The van der Waals surface area contributed by atoms with Crippen molar-refractivity contribution in [3.05, 3.63) is 11.6 Å². The van der Waals surface area contributed by atoms with E-state index in [2.05, 4.69) is 23.6 Å². The molecule has 3 atom stereocenters. The minimum atomic E-state index is -0.668. The third-order valence-corrected chi connectivity index (χ3v) is 6.55. The van der Waals surface area contributed by atoms with Gasteiger partial charge in [0, 0.05) is 40.9 Å². The number of hydrogen-bond acceptors (Lipinski definition) is 2. The van der Waals surface area contributed by atoms with Crippen molar-refractivity contribution in [3.8, 4) is 0 Å². The highest BCUT2D eigenvalue weighted by atomic mass is 32.2. The molecule has 0 heterocycles. The van der Waals surface area contributed by atoms with E-state index >= 15 is 0 Å². The van der Waals surface area contributed by atoms with Crippen LogP contribution in [0.4, 0.5) is 0 Å². The molecule has 0 aliphatic heterocycles. The lowest BCUT2D eigenvalue weighted by molar-refractivity contribution is 0.413. The molecule has 132 valence electrons. The topological polar surface area (TPSA) is 53.5 Å². The van der Waals surface area contributed by atoms with Crippen molar-refractivity contribution < 1.29 is 4.21 Å². The molecular formula is C18H33N3OS. The van der Waals surface area contributed by atoms with E-state index in [1.54, 1.807) is 5.57 Å². The summed E-state index contributed by atoms with van der Waals surface area (Å²) >= 11 is 0. The van der Waals surface area contributed by atoms with Crippen molar-refractivity contribution in [2.24, 2.45) is 4.99 Å². The maximum atomic E-state index is 12.1. The van der Waals surface area contributed by atoms with Gasteiger partial charge in [0.15, 0.2) is 5.96 Å². The monoisotopic (exact) mass is 339 g/mol. The molecule has 1 saturated carbocycles. The molecule has 23 heavy (non-hydrogen) atoms. The van der Waals surface area contributed by atoms with Crippen LogP contribution in [0.3, 0.4) is 0 Å². The van der Waals surface area contributed by atoms with Crippen LogP contribution in [0.2, 0.25) is 0 Å². The lowest BCUT2D eigenvalue weighted by Gasteiger charge is -2.30. The van der Waals surface area contributed by atoms with Crippen LogP contribution >= 0.6 is 0 Å². The number of rotatable bonds is 7. The van der Waals surface area contributed by atoms with Crippen molar-refractivity contribution in [2.75, 3.05) is 18.8 Å². The normalized spacial score (nSPS) is 26.7. The SMILES string of the molecule is CCNC(=NCCC1=CCCC1)NC1CCCC(S(=O)CC)C1. The number of hydrogen-bond donors (Lipinski definition) is 2. The van der Waals surface area contributed by atoms with Gasteiger partial charge >= 0.3 is 0 Å². The van der Waals surface area contributed by atoms with Crippen LogP contribution in [-0.2, 0) is 10.8 Å². The molecule has 0 amide bonds. The molecule has 2 N–H and O–H groups in total. The highest BCUT2D eigenvalue weighted by molar-refractivity contribution is 7.85. The van der Waals surface area contributed by atoms with Gasteiger partial charge in [0.25, 0.3) is 0 Å². The Morgan fingerprint density at radius 2 is 2.22 bits per heavy atom. The van der Waals surface area contributed by atoms with Gasteiger partial charge in [-0.3, -0.25) is 9.20 Å². The van der Waals surface area contributed by atoms with Crippen molar-refractivity contribution >= 4 is 16.8 Å². The molecule has 2 rings (SSSR count). The summed E-state index contributed by atoms with van der Waals surface area (Å²) in [7, 11) is -0.668. The van der Waals surface area contributed by atoms with E-state index in [4.69, 9.17) is 4.99 Å². The zero-order chi connectivity index (χ0) is 16.5. The molecule has 4 nitrogen and oxygen atoms in total. The molecule has 2 aliphatic rings. The predicted octanol–water partition coefficient (Wildman–Crippen LogP) is 3.12. The van der Waals surface area contributed by atoms with E-state index in [-0.39, 0.29) is 0 Å². The zero-order valence-electron chi connectivity index (χ0n) is 14.8. The van der Waals surface area contributed by atoms with Crippen LogP contribution in [0, 0.1) is 0 Å². The van der Waals surface area contributed by atoms with Crippen molar-refractivity contribution in [2.45, 2.75) is 76.5 Å². The molecule has 5 heteroatoms. The van der Waals surface area contributed by atoms with E-state index in [1.807, 2.05) is 6.92 Å². The largest absolute Gasteiger partial charge is 0.357 e. The number of aliphatic imine (C=N–C) groups is 1. The maximum absolute atomic E-state index is 12.1. The van der Waals surface area contributed by atoms with Gasteiger partial charge in [-0.05, 0) is 51.9 Å². The molecule has 0 spiro atoms. The fraction of sp³-hybridized carbons (Fsp3) is 0.833. The quantitative estimate of drug-likeness (QED) is 0.426. The Balaban J connectivity index is 1.83. The van der Waals surface area contributed by atoms with Crippen LogP contribution in [0.25, 0.3) is 0 Å². The van der Waals surface area contributed by atoms with Gasteiger partial charge in [-0.15, -0.1) is 0 Å². The van der Waals surface area contributed by atoms with Gasteiger partial charge in [-0.1, -0.05) is 25.0 Å². The summed E-state index contributed by atoms with van der Waals surface area (Å²) in [5.41, 5.74) is 1.57. The van der Waals surface area contributed by atoms with E-state index in [9.17, 15) is 4.21 Å². The number of guanidine groups is 1. The summed E-state index contributed by atoms with van der Waals surface area (Å²) in [5, 5.41) is 7.29. The molecule has 0 aromatic rings. The lowest BCUT2D eigenvalue weighted by atomic mass is 9.95. The summed E-state index contributed by atoms with van der Waals surface area (Å²) < 4.78 is 12.1. The molecule has 2 aliphatic carbocycles. The van der Waals surface area contributed by atoms with E-state index < -0.39 is 10.8 Å². The van der Waals surface area contributed by atoms with Gasteiger partial charge in [-0.2, -0.15) is 0 Å². The van der Waals surface area contributed by atoms with Gasteiger partial charge in [0.2, 0.25) is 0 Å². The Morgan fingerprint density at radius 1 is 1.35 bits per heavy atom. The third kappa shape index (κ3) is 6.28. The molecule has 0 aromatic carbocycles. The molecule has 0 bridgehead atoms. The first-order valence-electron chi connectivity index (χ1n) is 9.32. The van der Waals surface area contributed by atoms with Gasteiger partial charge < -0.3 is 10.6 Å². The van der Waals surface area contributed by atoms with E-state index in [0.29, 0.717) is 11.3 Å². The van der Waals surface area contributed by atoms with Crippen molar-refractivity contribution in [1.29, 1.82) is 0 Å². The summed E-state index contributed by atoms with van der Waals surface area (Å²) in [6, 6.07) is 0.410. The van der Waals surface area contributed by atoms with Crippen molar-refractivity contribution in [3.63, 3.8) is 0 Å². The Bertz CT molecular complexity index is 448. The highest BCUT2D eigenvalue weighted by Crippen LogP contribution is 2.23. The fourth-order valence-corrected chi connectivity index (χ4v) is 4.89. The number of nitrogens with zero attached hydrogens (tertiary/aromatic N) is 1. The molecule has 0 aromatic heterocycles. The average Bonchev–Trinajstić information content (AvgIpc) is 3.08. The van der Waals surface area contributed by atoms with Gasteiger partial charge in [0.1, 0.15) is 0 Å². The summed E-state index contributed by atoms with van der Waals surface area (Å²) in [5.74, 6) is 1.71. The van der Waals surface area contributed by atoms with Crippen LogP contribution < -0.4 is 10.6 Å². The van der Waals surface area contributed by atoms with Crippen LogP contribution in [-0.4, -0.2) is 40.3 Å². The highest BCUT2D eigenvalue weighted by Gasteiger charge is 2.25. The standard InChI is InChI=1S/C18H33N3OS/c1-3-19-18(20-13-12-15-8-5-6-9-15)21-16-10-7-11-17(14-16)23(22)4-2/h8,16-17H,3-7,9-14H2,1-2H3,(H2,19,20,21). The average molecular weight is 340 g/mol.